The number of aliphatic hydroxyl groups excluding tert-OH is 1. The van der Waals surface area contributed by atoms with Gasteiger partial charge < -0.3 is 20.1 Å². The van der Waals surface area contributed by atoms with Crippen molar-refractivity contribution >= 4 is 5.91 Å². The quantitative estimate of drug-likeness (QED) is 0.756. The minimum absolute atomic E-state index is 0.112. The van der Waals surface area contributed by atoms with E-state index in [1.165, 1.54) is 12.8 Å². The normalized spacial score (nSPS) is 23.8. The highest BCUT2D eigenvalue weighted by Gasteiger charge is 2.24. The number of ether oxygens (including phenoxy) is 1. The standard InChI is InChI=1S/C15H28N2O3/c1-12(10-15(19)17-6-8-20-9-7-17)16-11-14(18)13-4-2-3-5-13/h12-14,16,18H,2-11H2,1H3. The number of aliphatic hydroxyl groups is 1. The number of rotatable bonds is 6. The molecule has 1 aliphatic heterocycles. The molecule has 2 aliphatic rings. The Morgan fingerprint density at radius 1 is 1.35 bits per heavy atom. The van der Waals surface area contributed by atoms with Crippen molar-refractivity contribution in [1.82, 2.24) is 10.2 Å². The van der Waals surface area contributed by atoms with Crippen LogP contribution in [0.1, 0.15) is 39.0 Å². The molecule has 5 nitrogen and oxygen atoms in total. The van der Waals surface area contributed by atoms with Crippen molar-refractivity contribution in [3.63, 3.8) is 0 Å². The van der Waals surface area contributed by atoms with Crippen LogP contribution in [0.15, 0.2) is 0 Å². The molecule has 0 radical (unpaired) electrons. The molecule has 5 heteroatoms. The Hall–Kier alpha value is -0.650. The molecule has 0 aromatic carbocycles. The fourth-order valence-electron chi connectivity index (χ4n) is 3.11. The second kappa shape index (κ2) is 7.96. The molecule has 0 aromatic heterocycles. The predicted octanol–water partition coefficient (Wildman–Crippen LogP) is 0.765. The Morgan fingerprint density at radius 2 is 2.00 bits per heavy atom. The van der Waals surface area contributed by atoms with E-state index in [2.05, 4.69) is 5.32 Å². The van der Waals surface area contributed by atoms with Crippen molar-refractivity contribution in [2.45, 2.75) is 51.2 Å². The summed E-state index contributed by atoms with van der Waals surface area (Å²) in [5.41, 5.74) is 0. The molecular formula is C15H28N2O3. The van der Waals surface area contributed by atoms with Crippen molar-refractivity contribution in [1.29, 1.82) is 0 Å². The maximum Gasteiger partial charge on any atom is 0.224 e. The van der Waals surface area contributed by atoms with Crippen molar-refractivity contribution in [3.05, 3.63) is 0 Å². The highest BCUT2D eigenvalue weighted by molar-refractivity contribution is 5.76. The summed E-state index contributed by atoms with van der Waals surface area (Å²) in [5, 5.41) is 13.4. The van der Waals surface area contributed by atoms with Crippen LogP contribution in [0.25, 0.3) is 0 Å². The highest BCUT2D eigenvalue weighted by atomic mass is 16.5. The van der Waals surface area contributed by atoms with E-state index in [0.717, 1.165) is 12.8 Å². The van der Waals surface area contributed by atoms with Gasteiger partial charge in [-0.25, -0.2) is 0 Å². The van der Waals surface area contributed by atoms with Crippen LogP contribution in [0.4, 0.5) is 0 Å². The molecular weight excluding hydrogens is 256 g/mol. The molecule has 2 rings (SSSR count). The van der Waals surface area contributed by atoms with E-state index in [-0.39, 0.29) is 18.1 Å². The topological polar surface area (TPSA) is 61.8 Å². The molecule has 0 bridgehead atoms. The lowest BCUT2D eigenvalue weighted by Crippen LogP contribution is -2.44. The summed E-state index contributed by atoms with van der Waals surface area (Å²) < 4.78 is 5.25. The number of carbonyl (C=O) groups excluding carboxylic acids is 1. The summed E-state index contributed by atoms with van der Waals surface area (Å²) in [7, 11) is 0. The Kier molecular flexibility index (Phi) is 6.26. The van der Waals surface area contributed by atoms with Crippen LogP contribution in [0.5, 0.6) is 0 Å². The molecule has 0 spiro atoms. The number of morpholine rings is 1. The molecule has 1 aliphatic carbocycles. The third kappa shape index (κ3) is 4.72. The number of hydrogen-bond acceptors (Lipinski definition) is 4. The Balaban J connectivity index is 1.63. The number of nitrogens with one attached hydrogen (secondary N) is 1. The second-order valence-corrected chi connectivity index (χ2v) is 6.12. The van der Waals surface area contributed by atoms with Crippen LogP contribution in [-0.4, -0.2) is 60.9 Å². The molecule has 20 heavy (non-hydrogen) atoms. The van der Waals surface area contributed by atoms with E-state index in [4.69, 9.17) is 4.74 Å². The van der Waals surface area contributed by atoms with Gasteiger partial charge in [-0.3, -0.25) is 4.79 Å². The van der Waals surface area contributed by atoms with Crippen molar-refractivity contribution in [2.24, 2.45) is 5.92 Å². The first kappa shape index (κ1) is 15.7. The molecule has 2 N–H and O–H groups in total. The van der Waals surface area contributed by atoms with E-state index in [1.807, 2.05) is 11.8 Å². The first-order valence-electron chi connectivity index (χ1n) is 7.94. The Morgan fingerprint density at radius 3 is 2.65 bits per heavy atom. The zero-order chi connectivity index (χ0) is 14.4. The zero-order valence-electron chi connectivity index (χ0n) is 12.5. The van der Waals surface area contributed by atoms with E-state index >= 15 is 0 Å². The minimum atomic E-state index is -0.265. The summed E-state index contributed by atoms with van der Waals surface area (Å²) in [4.78, 5) is 13.9. The van der Waals surface area contributed by atoms with E-state index in [0.29, 0.717) is 45.2 Å². The van der Waals surface area contributed by atoms with Gasteiger partial charge in [0.15, 0.2) is 0 Å². The van der Waals surface area contributed by atoms with Gasteiger partial charge in [-0.15, -0.1) is 0 Å². The van der Waals surface area contributed by atoms with Gasteiger partial charge in [0, 0.05) is 32.1 Å². The molecule has 1 amide bonds. The monoisotopic (exact) mass is 284 g/mol. The summed E-state index contributed by atoms with van der Waals surface area (Å²) in [6.45, 7) is 5.32. The van der Waals surface area contributed by atoms with Gasteiger partial charge in [-0.2, -0.15) is 0 Å². The Labute approximate surface area is 121 Å². The van der Waals surface area contributed by atoms with Crippen LogP contribution < -0.4 is 5.32 Å². The van der Waals surface area contributed by atoms with E-state index < -0.39 is 0 Å². The van der Waals surface area contributed by atoms with Crippen LogP contribution in [0.3, 0.4) is 0 Å². The fourth-order valence-corrected chi connectivity index (χ4v) is 3.11. The molecule has 1 heterocycles. The number of amides is 1. The lowest BCUT2D eigenvalue weighted by Gasteiger charge is -2.28. The van der Waals surface area contributed by atoms with Gasteiger partial charge in [0.2, 0.25) is 5.91 Å². The third-order valence-corrected chi connectivity index (χ3v) is 4.46. The smallest absolute Gasteiger partial charge is 0.224 e. The summed E-state index contributed by atoms with van der Waals surface area (Å²) in [5.74, 6) is 0.633. The second-order valence-electron chi connectivity index (χ2n) is 6.12. The lowest BCUT2D eigenvalue weighted by molar-refractivity contribution is -0.135. The summed E-state index contributed by atoms with van der Waals surface area (Å²) >= 11 is 0. The number of nitrogens with zero attached hydrogens (tertiary/aromatic N) is 1. The molecule has 1 saturated heterocycles. The van der Waals surface area contributed by atoms with Crippen LogP contribution in [0.2, 0.25) is 0 Å². The van der Waals surface area contributed by atoms with E-state index in [9.17, 15) is 9.90 Å². The average molecular weight is 284 g/mol. The Bertz CT molecular complexity index is 299. The SMILES string of the molecule is CC(CC(=O)N1CCOCC1)NCC(O)C1CCCC1. The van der Waals surface area contributed by atoms with Crippen molar-refractivity contribution in [2.75, 3.05) is 32.8 Å². The minimum Gasteiger partial charge on any atom is -0.392 e. The molecule has 2 atom stereocenters. The van der Waals surface area contributed by atoms with Crippen LogP contribution >= 0.6 is 0 Å². The van der Waals surface area contributed by atoms with Gasteiger partial charge >= 0.3 is 0 Å². The molecule has 0 aromatic rings. The van der Waals surface area contributed by atoms with Gasteiger partial charge in [0.05, 0.1) is 19.3 Å². The van der Waals surface area contributed by atoms with Gasteiger partial charge in [-0.1, -0.05) is 12.8 Å². The fraction of sp³-hybridized carbons (Fsp3) is 0.933. The molecule has 1 saturated carbocycles. The largest absolute Gasteiger partial charge is 0.392 e. The van der Waals surface area contributed by atoms with Crippen molar-refractivity contribution in [3.8, 4) is 0 Å². The van der Waals surface area contributed by atoms with E-state index in [1.54, 1.807) is 0 Å². The maximum absolute atomic E-state index is 12.1. The number of carbonyl (C=O) groups is 1. The molecule has 116 valence electrons. The van der Waals surface area contributed by atoms with Gasteiger partial charge in [0.25, 0.3) is 0 Å². The third-order valence-electron chi connectivity index (χ3n) is 4.46. The predicted molar refractivity (Wildman–Crippen MR) is 77.4 cm³/mol. The molecule has 2 fully saturated rings. The van der Waals surface area contributed by atoms with Gasteiger partial charge in [-0.05, 0) is 25.7 Å². The van der Waals surface area contributed by atoms with Gasteiger partial charge in [0.1, 0.15) is 0 Å². The maximum atomic E-state index is 12.1. The van der Waals surface area contributed by atoms with Crippen LogP contribution in [-0.2, 0) is 9.53 Å². The highest BCUT2D eigenvalue weighted by Crippen LogP contribution is 2.27. The molecule has 2 unspecified atom stereocenters. The number of hydrogen-bond donors (Lipinski definition) is 2. The summed E-state index contributed by atoms with van der Waals surface area (Å²) in [6, 6.07) is 0.112. The zero-order valence-corrected chi connectivity index (χ0v) is 12.5. The van der Waals surface area contributed by atoms with Crippen molar-refractivity contribution < 1.29 is 14.6 Å². The van der Waals surface area contributed by atoms with Crippen LogP contribution in [0, 0.1) is 5.92 Å². The first-order valence-corrected chi connectivity index (χ1v) is 7.94. The first-order chi connectivity index (χ1) is 9.66. The lowest BCUT2D eigenvalue weighted by atomic mass is 10.0. The average Bonchev–Trinajstić information content (AvgIpc) is 3.00. The summed E-state index contributed by atoms with van der Waals surface area (Å²) in [6.07, 6.45) is 5.00.